The van der Waals surface area contributed by atoms with Crippen LogP contribution >= 0.6 is 0 Å². The molecule has 2 heterocycles. The third-order valence-corrected chi connectivity index (χ3v) is 8.31. The van der Waals surface area contributed by atoms with Crippen LogP contribution in [-0.2, 0) is 9.84 Å². The lowest BCUT2D eigenvalue weighted by atomic mass is 10.0. The molecular formula is C25H25N5O2S. The van der Waals surface area contributed by atoms with Crippen LogP contribution in [0, 0.1) is 0 Å². The van der Waals surface area contributed by atoms with Crippen molar-refractivity contribution < 1.29 is 8.42 Å². The molecule has 0 atom stereocenters. The summed E-state index contributed by atoms with van der Waals surface area (Å²) < 4.78 is 25.7. The maximum atomic E-state index is 12.9. The van der Waals surface area contributed by atoms with E-state index in [1.807, 2.05) is 36.4 Å². The van der Waals surface area contributed by atoms with Crippen molar-refractivity contribution in [3.63, 3.8) is 0 Å². The van der Waals surface area contributed by atoms with E-state index in [-0.39, 0.29) is 5.25 Å². The highest BCUT2D eigenvalue weighted by molar-refractivity contribution is 7.92. The Hall–Kier alpha value is -3.52. The lowest BCUT2D eigenvalue weighted by molar-refractivity contribution is 0.483. The van der Waals surface area contributed by atoms with Crippen molar-refractivity contribution in [2.24, 2.45) is 0 Å². The molecule has 0 radical (unpaired) electrons. The Balaban J connectivity index is 1.25. The van der Waals surface area contributed by atoms with Gasteiger partial charge in [-0.2, -0.15) is 5.10 Å². The molecule has 0 unspecified atom stereocenters. The van der Waals surface area contributed by atoms with E-state index >= 15 is 0 Å². The van der Waals surface area contributed by atoms with Gasteiger partial charge >= 0.3 is 0 Å². The van der Waals surface area contributed by atoms with Gasteiger partial charge in [0.2, 0.25) is 5.95 Å². The third-order valence-electron chi connectivity index (χ3n) is 6.04. The number of fused-ring (bicyclic) bond motifs is 1. The number of anilines is 2. The van der Waals surface area contributed by atoms with Gasteiger partial charge in [0, 0.05) is 29.0 Å². The van der Waals surface area contributed by atoms with Crippen molar-refractivity contribution in [1.82, 2.24) is 20.2 Å². The minimum atomic E-state index is -3.27. The topological polar surface area (TPSA) is 101 Å². The lowest BCUT2D eigenvalue weighted by Crippen LogP contribution is -2.24. The summed E-state index contributed by atoms with van der Waals surface area (Å²) in [6.07, 6.45) is 11.9. The maximum absolute atomic E-state index is 12.9. The molecule has 1 aliphatic carbocycles. The van der Waals surface area contributed by atoms with Crippen molar-refractivity contribution >= 4 is 44.5 Å². The number of hydrogen-bond acceptors (Lipinski definition) is 6. The first-order valence-electron chi connectivity index (χ1n) is 11.1. The first-order valence-corrected chi connectivity index (χ1v) is 12.7. The highest BCUT2D eigenvalue weighted by Gasteiger charge is 2.28. The Labute approximate surface area is 192 Å². The third kappa shape index (κ3) is 4.66. The molecule has 1 saturated carbocycles. The maximum Gasteiger partial charge on any atom is 0.227 e. The van der Waals surface area contributed by atoms with Crippen LogP contribution in [-0.4, -0.2) is 33.8 Å². The molecule has 5 rings (SSSR count). The van der Waals surface area contributed by atoms with Crippen molar-refractivity contribution in [2.75, 3.05) is 5.32 Å². The fourth-order valence-electron chi connectivity index (χ4n) is 4.20. The van der Waals surface area contributed by atoms with Gasteiger partial charge in [-0.1, -0.05) is 37.5 Å². The Bertz CT molecular complexity index is 1370. The second-order valence-corrected chi connectivity index (χ2v) is 10.5. The number of aromatic nitrogens is 4. The van der Waals surface area contributed by atoms with Gasteiger partial charge in [0.1, 0.15) is 0 Å². The molecule has 168 valence electrons. The van der Waals surface area contributed by atoms with E-state index in [0.29, 0.717) is 10.8 Å². The van der Waals surface area contributed by atoms with Gasteiger partial charge in [0.05, 0.1) is 21.4 Å². The van der Waals surface area contributed by atoms with Crippen LogP contribution in [0.3, 0.4) is 0 Å². The second kappa shape index (κ2) is 9.15. The van der Waals surface area contributed by atoms with E-state index in [1.165, 1.54) is 0 Å². The molecule has 0 amide bonds. The van der Waals surface area contributed by atoms with Crippen molar-refractivity contribution in [1.29, 1.82) is 0 Å². The Morgan fingerprint density at radius 3 is 2.39 bits per heavy atom. The van der Waals surface area contributed by atoms with Gasteiger partial charge < -0.3 is 5.32 Å². The average Bonchev–Trinajstić information content (AvgIpc) is 3.28. The quantitative estimate of drug-likeness (QED) is 0.402. The first-order chi connectivity index (χ1) is 16.1. The van der Waals surface area contributed by atoms with Gasteiger partial charge in [-0.05, 0) is 55.3 Å². The van der Waals surface area contributed by atoms with Gasteiger partial charge in [-0.25, -0.2) is 18.4 Å². The molecular weight excluding hydrogens is 434 g/mol. The summed E-state index contributed by atoms with van der Waals surface area (Å²) in [6, 6.07) is 14.8. The molecule has 1 fully saturated rings. The largest absolute Gasteiger partial charge is 0.324 e. The van der Waals surface area contributed by atoms with E-state index in [4.69, 9.17) is 0 Å². The van der Waals surface area contributed by atoms with Crippen LogP contribution < -0.4 is 5.32 Å². The molecule has 2 aromatic carbocycles. The zero-order valence-electron chi connectivity index (χ0n) is 18.1. The highest BCUT2D eigenvalue weighted by atomic mass is 32.2. The lowest BCUT2D eigenvalue weighted by Gasteiger charge is -2.21. The van der Waals surface area contributed by atoms with Crippen LogP contribution in [0.2, 0.25) is 0 Å². The molecule has 0 aliphatic heterocycles. The van der Waals surface area contributed by atoms with Crippen LogP contribution in [0.1, 0.15) is 43.4 Å². The van der Waals surface area contributed by atoms with Gasteiger partial charge in [0.25, 0.3) is 0 Å². The number of rotatable bonds is 6. The number of nitrogens with one attached hydrogen (secondary N) is 2. The Morgan fingerprint density at radius 1 is 0.909 bits per heavy atom. The number of sulfone groups is 1. The van der Waals surface area contributed by atoms with Crippen LogP contribution in [0.5, 0.6) is 0 Å². The molecule has 0 saturated heterocycles. The van der Waals surface area contributed by atoms with Crippen molar-refractivity contribution in [2.45, 2.75) is 42.2 Å². The van der Waals surface area contributed by atoms with E-state index < -0.39 is 9.84 Å². The summed E-state index contributed by atoms with van der Waals surface area (Å²) in [5, 5.41) is 11.3. The van der Waals surface area contributed by atoms with Crippen LogP contribution in [0.25, 0.3) is 23.1 Å². The smallest absolute Gasteiger partial charge is 0.227 e. The molecule has 33 heavy (non-hydrogen) atoms. The number of hydrogen-bond donors (Lipinski definition) is 2. The van der Waals surface area contributed by atoms with Crippen LogP contribution in [0.4, 0.5) is 11.6 Å². The fourth-order valence-corrected chi connectivity index (χ4v) is 6.05. The molecule has 8 heteroatoms. The van der Waals surface area contributed by atoms with E-state index in [9.17, 15) is 8.42 Å². The second-order valence-electron chi connectivity index (χ2n) is 8.28. The SMILES string of the molecule is O=S(=O)(c1ccc(Nc2ncc(/C=C/c3n[nH]c4ccccc34)cn2)cc1)C1CCCCC1. The molecule has 2 aromatic heterocycles. The van der Waals surface area contributed by atoms with E-state index in [2.05, 4.69) is 25.5 Å². The number of benzene rings is 2. The average molecular weight is 460 g/mol. The summed E-state index contributed by atoms with van der Waals surface area (Å²) in [4.78, 5) is 9.10. The Kier molecular flexibility index (Phi) is 5.92. The van der Waals surface area contributed by atoms with Crippen LogP contribution in [0.15, 0.2) is 65.8 Å². The zero-order valence-corrected chi connectivity index (χ0v) is 18.9. The number of nitrogens with zero attached hydrogens (tertiary/aromatic N) is 3. The first kappa shape index (κ1) is 21.3. The Morgan fingerprint density at radius 2 is 1.64 bits per heavy atom. The van der Waals surface area contributed by atoms with Gasteiger partial charge in [-0.3, -0.25) is 5.10 Å². The molecule has 4 aromatic rings. The predicted octanol–water partition coefficient (Wildman–Crippen LogP) is 5.37. The predicted molar refractivity (Wildman–Crippen MR) is 131 cm³/mol. The zero-order chi connectivity index (χ0) is 22.7. The summed E-state index contributed by atoms with van der Waals surface area (Å²) in [6.45, 7) is 0. The van der Waals surface area contributed by atoms with Gasteiger partial charge in [0.15, 0.2) is 9.84 Å². The molecule has 0 spiro atoms. The fraction of sp³-hybridized carbons (Fsp3) is 0.240. The van der Waals surface area contributed by atoms with Crippen molar-refractivity contribution in [3.8, 4) is 0 Å². The minimum absolute atomic E-state index is 0.256. The molecule has 0 bridgehead atoms. The standard InChI is InChI=1S/C25H25N5O2S/c31-33(32,20-6-2-1-3-7-20)21-13-11-19(12-14-21)28-25-26-16-18(17-27-25)10-15-24-22-8-4-5-9-23(22)29-30-24/h4-5,8-17,20H,1-3,6-7H2,(H,29,30)(H,26,27,28)/b15-10+. The molecule has 7 nitrogen and oxygen atoms in total. The summed E-state index contributed by atoms with van der Waals surface area (Å²) in [7, 11) is -3.27. The van der Waals surface area contributed by atoms with Crippen molar-refractivity contribution in [3.05, 3.63) is 72.2 Å². The summed E-state index contributed by atoms with van der Waals surface area (Å²) >= 11 is 0. The normalized spacial score (nSPS) is 15.3. The highest BCUT2D eigenvalue weighted by Crippen LogP contribution is 2.29. The molecule has 1 aliphatic rings. The van der Waals surface area contributed by atoms with E-state index in [1.54, 1.807) is 36.7 Å². The van der Waals surface area contributed by atoms with E-state index in [0.717, 1.165) is 60.0 Å². The monoisotopic (exact) mass is 459 g/mol. The minimum Gasteiger partial charge on any atom is -0.324 e. The summed E-state index contributed by atoms with van der Waals surface area (Å²) in [5.74, 6) is 0.445. The molecule has 2 N–H and O–H groups in total. The number of aromatic amines is 1. The number of para-hydroxylation sites is 1. The summed E-state index contributed by atoms with van der Waals surface area (Å²) in [5.41, 5.74) is 3.44. The number of H-pyrrole nitrogens is 1. The van der Waals surface area contributed by atoms with Gasteiger partial charge in [-0.15, -0.1) is 0 Å².